The number of methoxy groups -OCH3 is 1. The number of aromatic hydroxyl groups is 1. The zero-order chi connectivity index (χ0) is 11.6. The number of benzene rings is 1. The molecule has 0 spiro atoms. The standard InChI is InChI=1S/C9H11ClFNO3/c1-15-6-2-4(10)8(11)7(9(6)14)5(12)3-13/h2,5,13-14H,3,12H2,1H3. The van der Waals surface area contributed by atoms with Gasteiger partial charge in [-0.25, -0.2) is 4.39 Å². The van der Waals surface area contributed by atoms with E-state index in [1.807, 2.05) is 0 Å². The van der Waals surface area contributed by atoms with E-state index in [2.05, 4.69) is 0 Å². The second kappa shape index (κ2) is 4.65. The van der Waals surface area contributed by atoms with Gasteiger partial charge in [0.05, 0.1) is 30.3 Å². The Morgan fingerprint density at radius 3 is 2.73 bits per heavy atom. The van der Waals surface area contributed by atoms with Crippen molar-refractivity contribution >= 4 is 11.6 Å². The number of aliphatic hydroxyl groups is 1. The second-order valence-corrected chi connectivity index (χ2v) is 3.33. The van der Waals surface area contributed by atoms with Crippen molar-refractivity contribution < 1.29 is 19.3 Å². The highest BCUT2D eigenvalue weighted by molar-refractivity contribution is 6.31. The first-order chi connectivity index (χ1) is 7.02. The molecule has 0 saturated carbocycles. The quantitative estimate of drug-likeness (QED) is 0.736. The third-order valence-electron chi connectivity index (χ3n) is 1.98. The highest BCUT2D eigenvalue weighted by atomic mass is 35.5. The van der Waals surface area contributed by atoms with E-state index in [1.54, 1.807) is 0 Å². The number of halogens is 2. The van der Waals surface area contributed by atoms with Crippen molar-refractivity contribution in [3.05, 3.63) is 22.5 Å². The molecule has 0 saturated heterocycles. The predicted octanol–water partition coefficient (Wildman–Crippen LogP) is 1.19. The van der Waals surface area contributed by atoms with Gasteiger partial charge in [0.25, 0.3) is 0 Å². The lowest BCUT2D eigenvalue weighted by Crippen LogP contribution is -2.16. The maximum absolute atomic E-state index is 13.5. The van der Waals surface area contributed by atoms with E-state index in [0.717, 1.165) is 6.07 Å². The van der Waals surface area contributed by atoms with Gasteiger partial charge in [-0.05, 0) is 0 Å². The fourth-order valence-corrected chi connectivity index (χ4v) is 1.40. The van der Waals surface area contributed by atoms with E-state index in [4.69, 9.17) is 27.2 Å². The van der Waals surface area contributed by atoms with Gasteiger partial charge in [-0.2, -0.15) is 0 Å². The summed E-state index contributed by atoms with van der Waals surface area (Å²) in [6.07, 6.45) is 0. The van der Waals surface area contributed by atoms with Gasteiger partial charge >= 0.3 is 0 Å². The van der Waals surface area contributed by atoms with Gasteiger partial charge < -0.3 is 20.7 Å². The third-order valence-corrected chi connectivity index (χ3v) is 2.25. The number of phenols is 1. The van der Waals surface area contributed by atoms with Crippen molar-refractivity contribution in [1.29, 1.82) is 0 Å². The van der Waals surface area contributed by atoms with E-state index < -0.39 is 24.2 Å². The SMILES string of the molecule is COc1cc(Cl)c(F)c(C(N)CO)c1O. The minimum Gasteiger partial charge on any atom is -0.504 e. The molecule has 0 amide bonds. The van der Waals surface area contributed by atoms with E-state index in [9.17, 15) is 9.50 Å². The lowest BCUT2D eigenvalue weighted by Gasteiger charge is -2.15. The molecule has 15 heavy (non-hydrogen) atoms. The van der Waals surface area contributed by atoms with Gasteiger partial charge in [0.2, 0.25) is 0 Å². The molecule has 84 valence electrons. The third kappa shape index (κ3) is 2.14. The van der Waals surface area contributed by atoms with Crippen molar-refractivity contribution in [3.8, 4) is 11.5 Å². The Morgan fingerprint density at radius 2 is 2.27 bits per heavy atom. The fourth-order valence-electron chi connectivity index (χ4n) is 1.20. The largest absolute Gasteiger partial charge is 0.504 e. The molecule has 1 aromatic rings. The molecule has 6 heteroatoms. The average Bonchev–Trinajstić information content (AvgIpc) is 2.23. The molecule has 0 aliphatic heterocycles. The fraction of sp³-hybridized carbons (Fsp3) is 0.333. The molecule has 0 radical (unpaired) electrons. The molecule has 0 bridgehead atoms. The van der Waals surface area contributed by atoms with Crippen molar-refractivity contribution in [1.82, 2.24) is 0 Å². The van der Waals surface area contributed by atoms with E-state index in [0.29, 0.717) is 0 Å². The summed E-state index contributed by atoms with van der Waals surface area (Å²) in [5.41, 5.74) is 5.18. The Kier molecular flexibility index (Phi) is 3.73. The Bertz CT molecular complexity index is 373. The number of phenolic OH excluding ortho intramolecular Hbond substituents is 1. The summed E-state index contributed by atoms with van der Waals surface area (Å²) in [4.78, 5) is 0. The molecule has 1 aromatic carbocycles. The molecule has 1 rings (SSSR count). The van der Waals surface area contributed by atoms with Crippen LogP contribution in [-0.4, -0.2) is 23.9 Å². The lowest BCUT2D eigenvalue weighted by atomic mass is 10.1. The van der Waals surface area contributed by atoms with Crippen LogP contribution in [0.2, 0.25) is 5.02 Å². The minimum absolute atomic E-state index is 0.0142. The maximum Gasteiger partial charge on any atom is 0.165 e. The summed E-state index contributed by atoms with van der Waals surface area (Å²) in [7, 11) is 1.30. The summed E-state index contributed by atoms with van der Waals surface area (Å²) >= 11 is 5.57. The van der Waals surface area contributed by atoms with Gasteiger partial charge in [-0.15, -0.1) is 0 Å². The first-order valence-electron chi connectivity index (χ1n) is 4.14. The van der Waals surface area contributed by atoms with Crippen LogP contribution in [0.1, 0.15) is 11.6 Å². The molecule has 0 aromatic heterocycles. The normalized spacial score (nSPS) is 12.6. The first-order valence-corrected chi connectivity index (χ1v) is 4.52. The van der Waals surface area contributed by atoms with Crippen molar-refractivity contribution in [2.75, 3.05) is 13.7 Å². The van der Waals surface area contributed by atoms with Gasteiger partial charge in [0.1, 0.15) is 0 Å². The minimum atomic E-state index is -1.04. The Labute approximate surface area is 91.0 Å². The van der Waals surface area contributed by atoms with Crippen LogP contribution < -0.4 is 10.5 Å². The van der Waals surface area contributed by atoms with Crippen LogP contribution in [0.5, 0.6) is 11.5 Å². The summed E-state index contributed by atoms with van der Waals surface area (Å²) < 4.78 is 18.3. The first kappa shape index (κ1) is 12.0. The molecule has 4 nitrogen and oxygen atoms in total. The van der Waals surface area contributed by atoms with Gasteiger partial charge in [-0.3, -0.25) is 0 Å². The smallest absolute Gasteiger partial charge is 0.165 e. The molecular weight excluding hydrogens is 225 g/mol. The Balaban J connectivity index is 3.40. The summed E-state index contributed by atoms with van der Waals surface area (Å²) in [6.45, 7) is -0.506. The molecular formula is C9H11ClFNO3. The zero-order valence-electron chi connectivity index (χ0n) is 8.00. The highest BCUT2D eigenvalue weighted by Gasteiger charge is 2.22. The maximum atomic E-state index is 13.5. The molecule has 1 atom stereocenters. The van der Waals surface area contributed by atoms with E-state index in [1.165, 1.54) is 7.11 Å². The number of hydrogen-bond donors (Lipinski definition) is 3. The molecule has 0 heterocycles. The van der Waals surface area contributed by atoms with Crippen LogP contribution in [0.4, 0.5) is 4.39 Å². The van der Waals surface area contributed by atoms with Crippen molar-refractivity contribution in [2.24, 2.45) is 5.73 Å². The van der Waals surface area contributed by atoms with Gasteiger partial charge in [-0.1, -0.05) is 11.6 Å². The number of ether oxygens (including phenoxy) is 1. The molecule has 1 unspecified atom stereocenters. The van der Waals surface area contributed by atoms with Crippen LogP contribution >= 0.6 is 11.6 Å². The highest BCUT2D eigenvalue weighted by Crippen LogP contribution is 2.38. The number of rotatable bonds is 3. The van der Waals surface area contributed by atoms with Gasteiger partial charge in [0.15, 0.2) is 17.3 Å². The van der Waals surface area contributed by atoms with Crippen molar-refractivity contribution in [2.45, 2.75) is 6.04 Å². The van der Waals surface area contributed by atoms with Crippen LogP contribution in [-0.2, 0) is 0 Å². The monoisotopic (exact) mass is 235 g/mol. The average molecular weight is 236 g/mol. The number of nitrogens with two attached hydrogens (primary N) is 1. The van der Waals surface area contributed by atoms with Crippen molar-refractivity contribution in [3.63, 3.8) is 0 Å². The zero-order valence-corrected chi connectivity index (χ0v) is 8.75. The summed E-state index contributed by atoms with van der Waals surface area (Å²) in [6, 6.07) is 0.0948. The molecule has 0 aliphatic carbocycles. The van der Waals surface area contributed by atoms with Crippen LogP contribution in [0.15, 0.2) is 6.07 Å². The predicted molar refractivity (Wildman–Crippen MR) is 53.6 cm³/mol. The van der Waals surface area contributed by atoms with Gasteiger partial charge in [0, 0.05) is 6.07 Å². The number of hydrogen-bond acceptors (Lipinski definition) is 4. The lowest BCUT2D eigenvalue weighted by molar-refractivity contribution is 0.260. The van der Waals surface area contributed by atoms with Crippen LogP contribution in [0.25, 0.3) is 0 Å². The Hall–Kier alpha value is -1.04. The van der Waals surface area contributed by atoms with E-state index in [-0.39, 0.29) is 16.3 Å². The van der Waals surface area contributed by atoms with E-state index >= 15 is 0 Å². The van der Waals surface area contributed by atoms with Crippen LogP contribution in [0.3, 0.4) is 0 Å². The molecule has 4 N–H and O–H groups in total. The second-order valence-electron chi connectivity index (χ2n) is 2.93. The molecule has 0 aliphatic rings. The topological polar surface area (TPSA) is 75.7 Å². The summed E-state index contributed by atoms with van der Waals surface area (Å²) in [5.74, 6) is -1.28. The Morgan fingerprint density at radius 1 is 1.67 bits per heavy atom. The molecule has 0 fully saturated rings. The summed E-state index contributed by atoms with van der Waals surface area (Å²) in [5, 5.41) is 18.2. The number of aliphatic hydroxyl groups excluding tert-OH is 1. The van der Waals surface area contributed by atoms with Crippen LogP contribution in [0, 0.1) is 5.82 Å².